The van der Waals surface area contributed by atoms with Crippen LogP contribution in [0.5, 0.6) is 0 Å². The van der Waals surface area contributed by atoms with Crippen LogP contribution in [0.2, 0.25) is 0 Å². The molecule has 3 rings (SSSR count). The highest BCUT2D eigenvalue weighted by Gasteiger charge is 2.27. The molecular formula is C18H11N3O2S. The summed E-state index contributed by atoms with van der Waals surface area (Å²) in [7, 11) is 0. The van der Waals surface area contributed by atoms with Gasteiger partial charge in [-0.1, -0.05) is 12.1 Å². The molecule has 0 fully saturated rings. The van der Waals surface area contributed by atoms with Crippen LogP contribution < -0.4 is 0 Å². The Kier molecular flexibility index (Phi) is 4.24. The van der Waals surface area contributed by atoms with Crippen molar-refractivity contribution in [3.05, 3.63) is 63.9 Å². The lowest BCUT2D eigenvalue weighted by atomic mass is 10.0. The SMILES string of the molecule is Cc1ccc(C(=O)[C@H](C#N)c2nc(-c3ccc(C#N)cc3)cs2)o1. The van der Waals surface area contributed by atoms with Crippen LogP contribution in [-0.2, 0) is 0 Å². The smallest absolute Gasteiger partial charge is 0.222 e. The number of rotatable bonds is 4. The van der Waals surface area contributed by atoms with Crippen LogP contribution in [0.25, 0.3) is 11.3 Å². The van der Waals surface area contributed by atoms with Crippen LogP contribution in [0.15, 0.2) is 46.2 Å². The number of Topliss-reactive ketones (excluding diaryl/α,β-unsaturated/α-hetero) is 1. The average Bonchev–Trinajstić information content (AvgIpc) is 3.25. The van der Waals surface area contributed by atoms with E-state index in [1.165, 1.54) is 11.3 Å². The van der Waals surface area contributed by atoms with Gasteiger partial charge < -0.3 is 4.42 Å². The maximum Gasteiger partial charge on any atom is 0.222 e. The Morgan fingerprint density at radius 1 is 1.21 bits per heavy atom. The molecule has 0 saturated carbocycles. The number of carbonyl (C=O) groups is 1. The summed E-state index contributed by atoms with van der Waals surface area (Å²) in [5.41, 5.74) is 2.06. The number of carbonyl (C=O) groups excluding carboxylic acids is 1. The number of thiazole rings is 1. The van der Waals surface area contributed by atoms with Gasteiger partial charge in [0.05, 0.1) is 23.4 Å². The molecule has 0 unspecified atom stereocenters. The molecule has 0 aliphatic heterocycles. The second-order valence-electron chi connectivity index (χ2n) is 5.10. The highest BCUT2D eigenvalue weighted by molar-refractivity contribution is 7.10. The zero-order valence-corrected chi connectivity index (χ0v) is 13.5. The van der Waals surface area contributed by atoms with Gasteiger partial charge in [0.15, 0.2) is 11.7 Å². The van der Waals surface area contributed by atoms with E-state index in [2.05, 4.69) is 11.1 Å². The molecule has 0 amide bonds. The molecule has 0 bridgehead atoms. The molecule has 6 heteroatoms. The maximum absolute atomic E-state index is 12.4. The molecule has 3 aromatic rings. The zero-order chi connectivity index (χ0) is 17.1. The highest BCUT2D eigenvalue weighted by Crippen LogP contribution is 2.29. The second-order valence-corrected chi connectivity index (χ2v) is 5.99. The van der Waals surface area contributed by atoms with E-state index in [9.17, 15) is 10.1 Å². The molecule has 0 saturated heterocycles. The minimum absolute atomic E-state index is 0.161. The number of nitrogens with zero attached hydrogens (tertiary/aromatic N) is 3. The first kappa shape index (κ1) is 15.7. The molecule has 2 aromatic heterocycles. The van der Waals surface area contributed by atoms with E-state index in [-0.39, 0.29) is 5.76 Å². The maximum atomic E-state index is 12.4. The van der Waals surface area contributed by atoms with Gasteiger partial charge in [-0.2, -0.15) is 10.5 Å². The Balaban J connectivity index is 1.89. The van der Waals surface area contributed by atoms with E-state index < -0.39 is 11.7 Å². The second kappa shape index (κ2) is 6.49. The predicted octanol–water partition coefficient (Wildman–Crippen LogP) is 4.07. The van der Waals surface area contributed by atoms with Crippen molar-refractivity contribution in [3.63, 3.8) is 0 Å². The summed E-state index contributed by atoms with van der Waals surface area (Å²) in [4.78, 5) is 16.8. The molecule has 5 nitrogen and oxygen atoms in total. The number of hydrogen-bond acceptors (Lipinski definition) is 6. The third kappa shape index (κ3) is 2.96. The first-order valence-corrected chi connectivity index (χ1v) is 7.96. The molecule has 1 aromatic carbocycles. The fraction of sp³-hybridized carbons (Fsp3) is 0.111. The first-order valence-electron chi connectivity index (χ1n) is 7.08. The van der Waals surface area contributed by atoms with Gasteiger partial charge in [-0.3, -0.25) is 4.79 Å². The van der Waals surface area contributed by atoms with Gasteiger partial charge in [0.2, 0.25) is 5.78 Å². The van der Waals surface area contributed by atoms with Crippen LogP contribution in [-0.4, -0.2) is 10.8 Å². The number of nitriles is 2. The number of benzene rings is 1. The molecule has 0 N–H and O–H groups in total. The Labute approximate surface area is 142 Å². The molecule has 0 aliphatic carbocycles. The van der Waals surface area contributed by atoms with E-state index >= 15 is 0 Å². The Bertz CT molecular complexity index is 971. The summed E-state index contributed by atoms with van der Waals surface area (Å²) in [6, 6.07) is 14.3. The molecule has 0 spiro atoms. The Morgan fingerprint density at radius 2 is 1.96 bits per heavy atom. The molecule has 24 heavy (non-hydrogen) atoms. The lowest BCUT2D eigenvalue weighted by molar-refractivity contribution is 0.0950. The zero-order valence-electron chi connectivity index (χ0n) is 12.7. The van der Waals surface area contributed by atoms with Crippen molar-refractivity contribution in [1.29, 1.82) is 10.5 Å². The van der Waals surface area contributed by atoms with Crippen molar-refractivity contribution in [2.24, 2.45) is 0 Å². The average molecular weight is 333 g/mol. The summed E-state index contributed by atoms with van der Waals surface area (Å²) >= 11 is 1.26. The normalized spacial score (nSPS) is 11.5. The van der Waals surface area contributed by atoms with Gasteiger partial charge >= 0.3 is 0 Å². The van der Waals surface area contributed by atoms with E-state index in [0.717, 1.165) is 5.56 Å². The van der Waals surface area contributed by atoms with E-state index in [1.807, 2.05) is 6.07 Å². The summed E-state index contributed by atoms with van der Waals surface area (Å²) in [5.74, 6) is -0.611. The number of aromatic nitrogens is 1. The van der Waals surface area contributed by atoms with E-state index in [4.69, 9.17) is 9.68 Å². The summed E-state index contributed by atoms with van der Waals surface area (Å²) in [5, 5.41) is 20.4. The molecule has 116 valence electrons. The molecular weight excluding hydrogens is 322 g/mol. The van der Waals surface area contributed by atoms with Crippen molar-refractivity contribution in [2.75, 3.05) is 0 Å². The fourth-order valence-electron chi connectivity index (χ4n) is 2.20. The van der Waals surface area contributed by atoms with E-state index in [1.54, 1.807) is 48.7 Å². The third-order valence-corrected chi connectivity index (χ3v) is 4.36. The third-order valence-electron chi connectivity index (χ3n) is 3.45. The summed E-state index contributed by atoms with van der Waals surface area (Å²) in [6.07, 6.45) is 0. The van der Waals surface area contributed by atoms with Crippen molar-refractivity contribution in [3.8, 4) is 23.4 Å². The minimum Gasteiger partial charge on any atom is -0.458 e. The van der Waals surface area contributed by atoms with Crippen molar-refractivity contribution in [1.82, 2.24) is 4.98 Å². The molecule has 1 atom stereocenters. The highest BCUT2D eigenvalue weighted by atomic mass is 32.1. The van der Waals surface area contributed by atoms with Crippen molar-refractivity contribution in [2.45, 2.75) is 12.8 Å². The van der Waals surface area contributed by atoms with Gasteiger partial charge in [-0.05, 0) is 31.2 Å². The van der Waals surface area contributed by atoms with Crippen LogP contribution in [0.4, 0.5) is 0 Å². The standard InChI is InChI=1S/C18H11N3O2S/c1-11-2-7-16(23-11)17(22)14(9-20)18-21-15(10-24-18)13-5-3-12(8-19)4-6-13/h2-7,10,14H,1H3/t14-/m0/s1. The molecule has 2 heterocycles. The number of furan rings is 1. The van der Waals surface area contributed by atoms with E-state index in [0.29, 0.717) is 22.0 Å². The quantitative estimate of drug-likeness (QED) is 0.671. The van der Waals surface area contributed by atoms with Gasteiger partial charge in [0.1, 0.15) is 10.8 Å². The molecule has 0 aliphatic rings. The summed E-state index contributed by atoms with van der Waals surface area (Å²) in [6.45, 7) is 1.74. The Hall–Kier alpha value is -3.22. The van der Waals surface area contributed by atoms with Crippen molar-refractivity contribution < 1.29 is 9.21 Å². The Morgan fingerprint density at radius 3 is 2.54 bits per heavy atom. The van der Waals surface area contributed by atoms with Crippen LogP contribution in [0.3, 0.4) is 0 Å². The molecule has 0 radical (unpaired) electrons. The minimum atomic E-state index is -0.993. The van der Waals surface area contributed by atoms with Gasteiger partial charge in [0.25, 0.3) is 0 Å². The summed E-state index contributed by atoms with van der Waals surface area (Å²) < 4.78 is 5.31. The monoisotopic (exact) mass is 333 g/mol. The van der Waals surface area contributed by atoms with Crippen LogP contribution >= 0.6 is 11.3 Å². The largest absolute Gasteiger partial charge is 0.458 e. The lowest BCUT2D eigenvalue weighted by Gasteiger charge is -2.02. The van der Waals surface area contributed by atoms with Crippen LogP contribution in [0.1, 0.15) is 32.8 Å². The number of ketones is 1. The van der Waals surface area contributed by atoms with Crippen LogP contribution in [0, 0.1) is 29.6 Å². The number of aryl methyl sites for hydroxylation is 1. The lowest BCUT2D eigenvalue weighted by Crippen LogP contribution is -2.10. The van der Waals surface area contributed by atoms with Gasteiger partial charge in [0, 0.05) is 10.9 Å². The van der Waals surface area contributed by atoms with Gasteiger partial charge in [-0.25, -0.2) is 4.98 Å². The first-order chi connectivity index (χ1) is 11.6. The fourth-order valence-corrected chi connectivity index (χ4v) is 3.07. The number of hydrogen-bond donors (Lipinski definition) is 0. The predicted molar refractivity (Wildman–Crippen MR) is 88.4 cm³/mol. The van der Waals surface area contributed by atoms with Crippen molar-refractivity contribution >= 4 is 17.1 Å². The van der Waals surface area contributed by atoms with Gasteiger partial charge in [-0.15, -0.1) is 11.3 Å². The topological polar surface area (TPSA) is 90.7 Å².